The fourth-order valence-electron chi connectivity index (χ4n) is 2.46. The van der Waals surface area contributed by atoms with Crippen LogP contribution in [0.2, 0.25) is 0 Å². The first-order chi connectivity index (χ1) is 8.54. The molecule has 1 fully saturated rings. The highest BCUT2D eigenvalue weighted by Crippen LogP contribution is 2.14. The normalized spacial score (nSPS) is 24.1. The number of hydrogen-bond donors (Lipinski definition) is 1. The lowest BCUT2D eigenvalue weighted by molar-refractivity contribution is -0.132. The van der Waals surface area contributed by atoms with Gasteiger partial charge in [0.15, 0.2) is 0 Å². The number of hydrogen-bond acceptors (Lipinski definition) is 2. The van der Waals surface area contributed by atoms with Gasteiger partial charge in [-0.05, 0) is 31.5 Å². The van der Waals surface area contributed by atoms with Gasteiger partial charge in [-0.15, -0.1) is 0 Å². The predicted molar refractivity (Wildman–Crippen MR) is 76.5 cm³/mol. The van der Waals surface area contributed by atoms with Crippen LogP contribution in [0.5, 0.6) is 0 Å². The Morgan fingerprint density at radius 2 is 2.06 bits per heavy atom. The largest absolute Gasteiger partial charge is 0.339 e. The lowest BCUT2D eigenvalue weighted by atomic mass is 10.1. The molecule has 0 saturated carbocycles. The maximum Gasteiger partial charge on any atom is 0.227 e. The molecule has 1 aromatic rings. The van der Waals surface area contributed by atoms with Crippen LogP contribution in [0.25, 0.3) is 0 Å². The van der Waals surface area contributed by atoms with Crippen molar-refractivity contribution in [3.05, 3.63) is 34.3 Å². The van der Waals surface area contributed by atoms with Crippen LogP contribution in [0.3, 0.4) is 0 Å². The molecule has 0 radical (unpaired) electrons. The number of amides is 1. The van der Waals surface area contributed by atoms with E-state index in [2.05, 4.69) is 35.1 Å². The second kappa shape index (κ2) is 5.85. The molecular formula is C14H19BrN2O. The molecule has 0 aliphatic carbocycles. The molecule has 1 saturated heterocycles. The van der Waals surface area contributed by atoms with Crippen LogP contribution in [0.1, 0.15) is 19.4 Å². The van der Waals surface area contributed by atoms with Gasteiger partial charge in [0.05, 0.1) is 6.42 Å². The maximum atomic E-state index is 12.3. The van der Waals surface area contributed by atoms with Gasteiger partial charge in [0.2, 0.25) is 5.91 Å². The van der Waals surface area contributed by atoms with Crippen LogP contribution in [0.15, 0.2) is 28.7 Å². The van der Waals surface area contributed by atoms with Gasteiger partial charge in [0, 0.05) is 29.6 Å². The standard InChI is InChI=1S/C14H19BrN2O/c1-10-8-17(9-11(2)16-10)14(18)7-12-4-3-5-13(15)6-12/h3-6,10-11,16H,7-9H2,1-2H3. The first kappa shape index (κ1) is 13.6. The van der Waals surface area contributed by atoms with Crippen molar-refractivity contribution in [1.82, 2.24) is 10.2 Å². The number of carbonyl (C=O) groups excluding carboxylic acids is 1. The monoisotopic (exact) mass is 310 g/mol. The van der Waals surface area contributed by atoms with Crippen LogP contribution in [0, 0.1) is 0 Å². The summed E-state index contributed by atoms with van der Waals surface area (Å²) in [6.45, 7) is 5.85. The molecule has 18 heavy (non-hydrogen) atoms. The summed E-state index contributed by atoms with van der Waals surface area (Å²) in [6.07, 6.45) is 0.485. The van der Waals surface area contributed by atoms with E-state index in [1.54, 1.807) is 0 Å². The summed E-state index contributed by atoms with van der Waals surface area (Å²) in [5.41, 5.74) is 1.06. The van der Waals surface area contributed by atoms with Crippen LogP contribution in [0.4, 0.5) is 0 Å². The quantitative estimate of drug-likeness (QED) is 0.908. The molecule has 4 heteroatoms. The molecule has 1 amide bonds. The van der Waals surface area contributed by atoms with Gasteiger partial charge in [-0.1, -0.05) is 28.1 Å². The zero-order valence-corrected chi connectivity index (χ0v) is 12.4. The molecule has 3 nitrogen and oxygen atoms in total. The Morgan fingerprint density at radius 3 is 2.67 bits per heavy atom. The highest BCUT2D eigenvalue weighted by Gasteiger charge is 2.24. The summed E-state index contributed by atoms with van der Waals surface area (Å²) in [7, 11) is 0. The van der Waals surface area contributed by atoms with Crippen LogP contribution in [-0.4, -0.2) is 36.0 Å². The van der Waals surface area contributed by atoms with Crippen molar-refractivity contribution in [3.63, 3.8) is 0 Å². The molecule has 98 valence electrons. The van der Waals surface area contributed by atoms with E-state index in [-0.39, 0.29) is 5.91 Å². The molecule has 1 aromatic carbocycles. The minimum absolute atomic E-state index is 0.216. The first-order valence-corrected chi connectivity index (χ1v) is 7.12. The van der Waals surface area contributed by atoms with Crippen LogP contribution in [-0.2, 0) is 11.2 Å². The van der Waals surface area contributed by atoms with E-state index in [1.165, 1.54) is 0 Å². The van der Waals surface area contributed by atoms with E-state index in [0.29, 0.717) is 18.5 Å². The molecule has 1 aliphatic heterocycles. The predicted octanol–water partition coefficient (Wildman–Crippen LogP) is 2.20. The lowest BCUT2D eigenvalue weighted by Crippen LogP contribution is -2.56. The van der Waals surface area contributed by atoms with Crippen LogP contribution < -0.4 is 5.32 Å². The Morgan fingerprint density at radius 1 is 1.39 bits per heavy atom. The lowest BCUT2D eigenvalue weighted by Gasteiger charge is -2.36. The van der Waals surface area contributed by atoms with Crippen LogP contribution >= 0.6 is 15.9 Å². The number of carbonyl (C=O) groups is 1. The number of halogens is 1. The third-order valence-electron chi connectivity index (χ3n) is 3.15. The molecule has 2 unspecified atom stereocenters. The van der Waals surface area contributed by atoms with Gasteiger partial charge in [-0.3, -0.25) is 4.79 Å². The Bertz CT molecular complexity index is 426. The van der Waals surface area contributed by atoms with Crippen molar-refractivity contribution in [2.24, 2.45) is 0 Å². The van der Waals surface area contributed by atoms with Gasteiger partial charge in [0.25, 0.3) is 0 Å². The molecule has 0 aromatic heterocycles. The zero-order chi connectivity index (χ0) is 13.1. The van der Waals surface area contributed by atoms with E-state index in [4.69, 9.17) is 0 Å². The van der Waals surface area contributed by atoms with E-state index < -0.39 is 0 Å². The van der Waals surface area contributed by atoms with Gasteiger partial charge < -0.3 is 10.2 Å². The topological polar surface area (TPSA) is 32.3 Å². The second-order valence-corrected chi connectivity index (χ2v) is 5.99. The fourth-order valence-corrected chi connectivity index (χ4v) is 2.91. The van der Waals surface area contributed by atoms with Gasteiger partial charge in [-0.25, -0.2) is 0 Å². The average Bonchev–Trinajstić information content (AvgIpc) is 2.27. The Labute approximate surface area is 117 Å². The number of rotatable bonds is 2. The number of piperazine rings is 1. The maximum absolute atomic E-state index is 12.3. The molecule has 0 spiro atoms. The highest BCUT2D eigenvalue weighted by atomic mass is 79.9. The van der Waals surface area contributed by atoms with E-state index >= 15 is 0 Å². The summed E-state index contributed by atoms with van der Waals surface area (Å²) >= 11 is 3.43. The van der Waals surface area contributed by atoms with Crippen molar-refractivity contribution in [2.45, 2.75) is 32.4 Å². The van der Waals surface area contributed by atoms with E-state index in [9.17, 15) is 4.79 Å². The molecule has 1 heterocycles. The molecule has 0 bridgehead atoms. The molecule has 2 rings (SSSR count). The van der Waals surface area contributed by atoms with Crippen molar-refractivity contribution in [3.8, 4) is 0 Å². The molecule has 1 N–H and O–H groups in total. The van der Waals surface area contributed by atoms with Crippen molar-refractivity contribution in [2.75, 3.05) is 13.1 Å². The summed E-state index contributed by atoms with van der Waals surface area (Å²) in [4.78, 5) is 14.2. The van der Waals surface area contributed by atoms with E-state index in [0.717, 1.165) is 23.1 Å². The third kappa shape index (κ3) is 3.56. The smallest absolute Gasteiger partial charge is 0.227 e. The minimum Gasteiger partial charge on any atom is -0.339 e. The second-order valence-electron chi connectivity index (χ2n) is 5.07. The summed E-state index contributed by atoms with van der Waals surface area (Å²) in [6, 6.07) is 8.70. The van der Waals surface area contributed by atoms with Crippen molar-refractivity contribution in [1.29, 1.82) is 0 Å². The Hall–Kier alpha value is -0.870. The van der Waals surface area contributed by atoms with E-state index in [1.807, 2.05) is 29.2 Å². The summed E-state index contributed by atoms with van der Waals surface area (Å²) in [5.74, 6) is 0.216. The molecule has 1 aliphatic rings. The van der Waals surface area contributed by atoms with Gasteiger partial charge in [0.1, 0.15) is 0 Å². The minimum atomic E-state index is 0.216. The van der Waals surface area contributed by atoms with Crippen molar-refractivity contribution < 1.29 is 4.79 Å². The molecule has 2 atom stereocenters. The van der Waals surface area contributed by atoms with Gasteiger partial charge >= 0.3 is 0 Å². The Balaban J connectivity index is 1.99. The Kier molecular flexibility index (Phi) is 4.40. The number of benzene rings is 1. The fraction of sp³-hybridized carbons (Fsp3) is 0.500. The van der Waals surface area contributed by atoms with Crippen molar-refractivity contribution >= 4 is 21.8 Å². The highest BCUT2D eigenvalue weighted by molar-refractivity contribution is 9.10. The number of nitrogens with zero attached hydrogens (tertiary/aromatic N) is 1. The zero-order valence-electron chi connectivity index (χ0n) is 10.8. The van der Waals surface area contributed by atoms with Gasteiger partial charge in [-0.2, -0.15) is 0 Å². The summed E-state index contributed by atoms with van der Waals surface area (Å²) < 4.78 is 1.02. The average molecular weight is 311 g/mol. The SMILES string of the molecule is CC1CN(C(=O)Cc2cccc(Br)c2)CC(C)N1. The third-order valence-corrected chi connectivity index (χ3v) is 3.65. The first-order valence-electron chi connectivity index (χ1n) is 6.33. The number of nitrogens with one attached hydrogen (secondary N) is 1. The summed E-state index contributed by atoms with van der Waals surface area (Å²) in [5, 5.41) is 3.44. The molecular weight excluding hydrogens is 292 g/mol.